The van der Waals surface area contributed by atoms with Crippen molar-refractivity contribution in [3.8, 4) is 0 Å². The Labute approximate surface area is 151 Å². The Morgan fingerprint density at radius 2 is 2.07 bits per heavy atom. The SMILES string of the molecule is CCO[C@H]1CN(C(=O)c2ccncc2F)[C@@H]2COC[C@H]12.O=C(O)C(F)(F)F. The molecule has 0 aromatic carbocycles. The molecule has 7 nitrogen and oxygen atoms in total. The topological polar surface area (TPSA) is 89.0 Å². The summed E-state index contributed by atoms with van der Waals surface area (Å²) in [7, 11) is 0. The van der Waals surface area contributed by atoms with Crippen molar-refractivity contribution in [1.82, 2.24) is 9.88 Å². The fraction of sp³-hybridized carbons (Fsp3) is 0.562. The van der Waals surface area contributed by atoms with Crippen LogP contribution in [0.4, 0.5) is 17.6 Å². The number of hydrogen-bond acceptors (Lipinski definition) is 5. The van der Waals surface area contributed by atoms with E-state index in [9.17, 15) is 22.4 Å². The van der Waals surface area contributed by atoms with Crippen LogP contribution in [0.25, 0.3) is 0 Å². The largest absolute Gasteiger partial charge is 0.490 e. The highest BCUT2D eigenvalue weighted by Crippen LogP contribution is 2.33. The highest BCUT2D eigenvalue weighted by Gasteiger charge is 2.48. The zero-order valence-electron chi connectivity index (χ0n) is 14.3. The standard InChI is InChI=1S/C14H17FN2O3.C2HF3O2/c1-2-20-13-6-17(12-8-19-7-10(12)13)14(18)9-3-4-16-5-11(9)15;3-2(4,5)1(6)7/h3-5,10,12-13H,2,6-8H2,1H3;(H,6,7)/t10-,12+,13-;/m0./s1. The maximum Gasteiger partial charge on any atom is 0.490 e. The van der Waals surface area contributed by atoms with Crippen LogP contribution in [-0.2, 0) is 14.3 Å². The third-order valence-electron chi connectivity index (χ3n) is 4.23. The van der Waals surface area contributed by atoms with Gasteiger partial charge in [0.1, 0.15) is 0 Å². The third kappa shape index (κ3) is 4.92. The Hall–Kier alpha value is -2.27. The second-order valence-electron chi connectivity index (χ2n) is 5.88. The van der Waals surface area contributed by atoms with Gasteiger partial charge in [0.25, 0.3) is 5.91 Å². The zero-order chi connectivity index (χ0) is 20.2. The van der Waals surface area contributed by atoms with Gasteiger partial charge in [-0.15, -0.1) is 0 Å². The van der Waals surface area contributed by atoms with Crippen LogP contribution in [0.15, 0.2) is 18.5 Å². The summed E-state index contributed by atoms with van der Waals surface area (Å²) in [6.45, 7) is 4.11. The molecule has 3 atom stereocenters. The summed E-state index contributed by atoms with van der Waals surface area (Å²) in [5.74, 6) is -3.48. The van der Waals surface area contributed by atoms with E-state index in [0.717, 1.165) is 6.20 Å². The Balaban J connectivity index is 0.000000321. The minimum atomic E-state index is -5.08. The van der Waals surface area contributed by atoms with Crippen LogP contribution in [0.1, 0.15) is 17.3 Å². The quantitative estimate of drug-likeness (QED) is 0.786. The lowest BCUT2D eigenvalue weighted by molar-refractivity contribution is -0.192. The summed E-state index contributed by atoms with van der Waals surface area (Å²) in [6.07, 6.45) is -2.62. The van der Waals surface area contributed by atoms with E-state index in [1.54, 1.807) is 4.90 Å². The Bertz CT molecular complexity index is 685. The molecule has 2 fully saturated rings. The number of aromatic nitrogens is 1. The van der Waals surface area contributed by atoms with Gasteiger partial charge in [-0.05, 0) is 13.0 Å². The molecule has 0 radical (unpaired) electrons. The first kappa shape index (κ1) is 21.0. The van der Waals surface area contributed by atoms with E-state index in [1.807, 2.05) is 6.92 Å². The number of rotatable bonds is 3. The molecule has 3 rings (SSSR count). The van der Waals surface area contributed by atoms with Crippen molar-refractivity contribution in [3.63, 3.8) is 0 Å². The van der Waals surface area contributed by atoms with Gasteiger partial charge < -0.3 is 19.5 Å². The molecule has 2 saturated heterocycles. The number of likely N-dealkylation sites (tertiary alicyclic amines) is 1. The molecule has 2 aliphatic heterocycles. The van der Waals surface area contributed by atoms with Crippen LogP contribution >= 0.6 is 0 Å². The molecule has 0 spiro atoms. The molecule has 3 heterocycles. The highest BCUT2D eigenvalue weighted by molar-refractivity contribution is 5.94. The number of carbonyl (C=O) groups excluding carboxylic acids is 1. The molecule has 11 heteroatoms. The molecular weight excluding hydrogens is 376 g/mol. The first-order chi connectivity index (χ1) is 12.7. The lowest BCUT2D eigenvalue weighted by Gasteiger charge is -2.22. The smallest absolute Gasteiger partial charge is 0.475 e. The van der Waals surface area contributed by atoms with E-state index in [2.05, 4.69) is 4.98 Å². The second kappa shape index (κ2) is 8.61. The Morgan fingerprint density at radius 3 is 2.63 bits per heavy atom. The fourth-order valence-corrected chi connectivity index (χ4v) is 3.03. The lowest BCUT2D eigenvalue weighted by Crippen LogP contribution is -2.38. The van der Waals surface area contributed by atoms with Gasteiger partial charge in [-0.25, -0.2) is 9.18 Å². The predicted octanol–water partition coefficient (Wildman–Crippen LogP) is 1.73. The number of carboxylic acids is 1. The number of alkyl halides is 3. The van der Waals surface area contributed by atoms with Gasteiger partial charge in [0.2, 0.25) is 0 Å². The molecule has 2 aliphatic rings. The van der Waals surface area contributed by atoms with Crippen LogP contribution in [0, 0.1) is 11.7 Å². The van der Waals surface area contributed by atoms with Crippen LogP contribution in [-0.4, -0.2) is 71.6 Å². The molecule has 150 valence electrons. The Morgan fingerprint density at radius 1 is 1.41 bits per heavy atom. The zero-order valence-corrected chi connectivity index (χ0v) is 14.3. The monoisotopic (exact) mass is 394 g/mol. The van der Waals surface area contributed by atoms with E-state index in [-0.39, 0.29) is 29.5 Å². The fourth-order valence-electron chi connectivity index (χ4n) is 3.03. The molecule has 0 unspecified atom stereocenters. The molecule has 1 N–H and O–H groups in total. The van der Waals surface area contributed by atoms with Crippen molar-refractivity contribution in [2.24, 2.45) is 5.92 Å². The van der Waals surface area contributed by atoms with E-state index in [1.165, 1.54) is 12.3 Å². The van der Waals surface area contributed by atoms with Crippen LogP contribution < -0.4 is 0 Å². The minimum absolute atomic E-state index is 0.0217. The second-order valence-corrected chi connectivity index (χ2v) is 5.88. The highest BCUT2D eigenvalue weighted by atomic mass is 19.4. The van der Waals surface area contributed by atoms with Gasteiger partial charge in [0, 0.05) is 25.3 Å². The van der Waals surface area contributed by atoms with Gasteiger partial charge in [-0.2, -0.15) is 13.2 Å². The summed E-state index contributed by atoms with van der Waals surface area (Å²) in [5, 5.41) is 7.12. The van der Waals surface area contributed by atoms with Crippen LogP contribution in [0.3, 0.4) is 0 Å². The van der Waals surface area contributed by atoms with Gasteiger partial charge in [-0.3, -0.25) is 9.78 Å². The van der Waals surface area contributed by atoms with Gasteiger partial charge >= 0.3 is 12.1 Å². The van der Waals surface area contributed by atoms with Gasteiger partial charge in [0.05, 0.1) is 37.1 Å². The number of halogens is 4. The molecular formula is C16H18F4N2O5. The molecule has 0 saturated carbocycles. The van der Waals surface area contributed by atoms with Crippen molar-refractivity contribution >= 4 is 11.9 Å². The van der Waals surface area contributed by atoms with E-state index >= 15 is 0 Å². The summed E-state index contributed by atoms with van der Waals surface area (Å²) in [5.41, 5.74) is 0.0581. The van der Waals surface area contributed by atoms with E-state index in [0.29, 0.717) is 26.4 Å². The number of carbonyl (C=O) groups is 2. The maximum atomic E-state index is 13.7. The number of fused-ring (bicyclic) bond motifs is 1. The number of amides is 1. The lowest BCUT2D eigenvalue weighted by atomic mass is 10.0. The molecule has 1 amide bonds. The normalized spacial score (nSPS) is 24.2. The van der Waals surface area contributed by atoms with Gasteiger partial charge in [-0.1, -0.05) is 0 Å². The molecule has 1 aromatic heterocycles. The van der Waals surface area contributed by atoms with Crippen LogP contribution in [0.5, 0.6) is 0 Å². The molecule has 1 aromatic rings. The average Bonchev–Trinajstić information content (AvgIpc) is 3.18. The summed E-state index contributed by atoms with van der Waals surface area (Å²) in [4.78, 5) is 26.7. The van der Waals surface area contributed by atoms with E-state index < -0.39 is 18.0 Å². The molecule has 0 aliphatic carbocycles. The number of pyridine rings is 1. The third-order valence-corrected chi connectivity index (χ3v) is 4.23. The van der Waals surface area contributed by atoms with Crippen molar-refractivity contribution in [2.45, 2.75) is 25.2 Å². The number of carboxylic acid groups (broad SMARTS) is 1. The molecule has 0 bridgehead atoms. The van der Waals surface area contributed by atoms with Gasteiger partial charge in [0.15, 0.2) is 5.82 Å². The van der Waals surface area contributed by atoms with Crippen molar-refractivity contribution in [2.75, 3.05) is 26.4 Å². The number of hydrogen-bond donors (Lipinski definition) is 1. The average molecular weight is 394 g/mol. The van der Waals surface area contributed by atoms with E-state index in [4.69, 9.17) is 19.4 Å². The van der Waals surface area contributed by atoms with Crippen LogP contribution in [0.2, 0.25) is 0 Å². The first-order valence-corrected chi connectivity index (χ1v) is 8.06. The van der Waals surface area contributed by atoms with Crippen molar-refractivity contribution < 1.29 is 41.7 Å². The maximum absolute atomic E-state index is 13.7. The minimum Gasteiger partial charge on any atom is -0.475 e. The summed E-state index contributed by atoms with van der Waals surface area (Å²) < 4.78 is 56.6. The first-order valence-electron chi connectivity index (χ1n) is 8.06. The number of aliphatic carboxylic acids is 1. The Kier molecular flexibility index (Phi) is 6.71. The van der Waals surface area contributed by atoms with Crippen molar-refractivity contribution in [3.05, 3.63) is 29.8 Å². The van der Waals surface area contributed by atoms with Crippen molar-refractivity contribution in [1.29, 1.82) is 0 Å². The predicted molar refractivity (Wildman–Crippen MR) is 82.4 cm³/mol. The number of ether oxygens (including phenoxy) is 2. The number of nitrogens with zero attached hydrogens (tertiary/aromatic N) is 2. The molecule has 27 heavy (non-hydrogen) atoms. The summed E-state index contributed by atoms with van der Waals surface area (Å²) in [6, 6.07) is 1.39. The summed E-state index contributed by atoms with van der Waals surface area (Å²) >= 11 is 0.